The maximum Gasteiger partial charge on any atom is 0.267 e. The maximum atomic E-state index is 13.5. The van der Waals surface area contributed by atoms with E-state index in [1.807, 2.05) is 42.5 Å². The molecule has 0 radical (unpaired) electrons. The Morgan fingerprint density at radius 1 is 1.12 bits per heavy atom. The molecule has 164 valence electrons. The number of hydrogen-bond acceptors (Lipinski definition) is 4. The lowest BCUT2D eigenvalue weighted by Crippen LogP contribution is -2.39. The van der Waals surface area contributed by atoms with Crippen LogP contribution >= 0.6 is 23.4 Å². The number of carbonyl (C=O) groups excluding carboxylic acids is 2. The highest BCUT2D eigenvalue weighted by atomic mass is 35.5. The average molecular weight is 466 g/mol. The molecule has 2 aromatic carbocycles. The smallest absolute Gasteiger partial charge is 0.267 e. The van der Waals surface area contributed by atoms with E-state index in [0.717, 1.165) is 18.4 Å². The minimum atomic E-state index is -0.427. The van der Waals surface area contributed by atoms with Crippen LogP contribution < -0.4 is 4.90 Å². The third-order valence-electron chi connectivity index (χ3n) is 5.91. The summed E-state index contributed by atoms with van der Waals surface area (Å²) < 4.78 is 0. The van der Waals surface area contributed by atoms with Crippen LogP contribution in [0.25, 0.3) is 0 Å². The second kappa shape index (κ2) is 9.81. The van der Waals surface area contributed by atoms with E-state index in [0.29, 0.717) is 41.2 Å². The van der Waals surface area contributed by atoms with E-state index in [-0.39, 0.29) is 17.4 Å². The Labute approximate surface area is 197 Å². The summed E-state index contributed by atoms with van der Waals surface area (Å²) in [6.07, 6.45) is 2.34. The molecule has 0 bridgehead atoms. The van der Waals surface area contributed by atoms with Crippen LogP contribution in [-0.2, 0) is 16.0 Å². The predicted octanol–water partition coefficient (Wildman–Crippen LogP) is 5.02. The highest BCUT2D eigenvalue weighted by Crippen LogP contribution is 2.42. The van der Waals surface area contributed by atoms with Gasteiger partial charge in [0.05, 0.1) is 5.25 Å². The molecule has 2 aromatic rings. The lowest BCUT2D eigenvalue weighted by atomic mass is 9.99. The first-order valence-electron chi connectivity index (χ1n) is 10.7. The fourth-order valence-electron chi connectivity index (χ4n) is 3.99. The van der Waals surface area contributed by atoms with Gasteiger partial charge < -0.3 is 4.90 Å². The van der Waals surface area contributed by atoms with Gasteiger partial charge in [-0.2, -0.15) is 5.26 Å². The number of likely N-dealkylation sites (tertiary alicyclic amines) is 1. The summed E-state index contributed by atoms with van der Waals surface area (Å²) in [5, 5.41) is 10.6. The number of nitrogens with zero attached hydrogens (tertiary/aromatic N) is 3. The van der Waals surface area contributed by atoms with Crippen LogP contribution in [0.1, 0.15) is 25.3 Å². The van der Waals surface area contributed by atoms with Crippen LogP contribution in [0.4, 0.5) is 5.69 Å². The molecule has 1 unspecified atom stereocenters. The molecule has 2 fully saturated rings. The number of carbonyl (C=O) groups is 2. The number of hydrogen-bond donors (Lipinski definition) is 0. The van der Waals surface area contributed by atoms with E-state index in [9.17, 15) is 14.9 Å². The number of thioether (sulfide) groups is 1. The molecule has 0 aliphatic carbocycles. The monoisotopic (exact) mass is 465 g/mol. The van der Waals surface area contributed by atoms with Crippen molar-refractivity contribution < 1.29 is 9.59 Å². The molecular weight excluding hydrogens is 442 g/mol. The van der Waals surface area contributed by atoms with Gasteiger partial charge in [0.2, 0.25) is 5.91 Å². The molecule has 2 aliphatic rings. The van der Waals surface area contributed by atoms with Crippen LogP contribution in [-0.4, -0.2) is 35.1 Å². The number of halogens is 1. The second-order valence-corrected chi connectivity index (χ2v) is 9.84. The summed E-state index contributed by atoms with van der Waals surface area (Å²) in [5.41, 5.74) is 1.68. The maximum absolute atomic E-state index is 13.5. The van der Waals surface area contributed by atoms with Crippen LogP contribution in [0.15, 0.2) is 65.2 Å². The summed E-state index contributed by atoms with van der Waals surface area (Å²) in [5.74, 6) is 0.158. The van der Waals surface area contributed by atoms with E-state index in [1.165, 1.54) is 16.7 Å². The van der Waals surface area contributed by atoms with Gasteiger partial charge in [-0.3, -0.25) is 14.5 Å². The summed E-state index contributed by atoms with van der Waals surface area (Å²) in [7, 11) is 0. The van der Waals surface area contributed by atoms with Crippen molar-refractivity contribution in [2.75, 3.05) is 18.0 Å². The number of piperidine rings is 1. The van der Waals surface area contributed by atoms with Crippen molar-refractivity contribution in [3.8, 4) is 6.07 Å². The van der Waals surface area contributed by atoms with Crippen molar-refractivity contribution >= 4 is 40.9 Å². The molecule has 2 saturated heterocycles. The molecule has 7 heteroatoms. The molecule has 2 amide bonds. The quantitative estimate of drug-likeness (QED) is 0.469. The topological polar surface area (TPSA) is 64.4 Å². The van der Waals surface area contributed by atoms with E-state index in [2.05, 4.69) is 13.0 Å². The third kappa shape index (κ3) is 4.69. The molecule has 0 spiro atoms. The molecule has 4 rings (SSSR count). The lowest BCUT2D eigenvalue weighted by molar-refractivity contribution is -0.128. The Balaban J connectivity index is 1.69. The van der Waals surface area contributed by atoms with Gasteiger partial charge in [-0.1, -0.05) is 60.6 Å². The average Bonchev–Trinajstić information content (AvgIpc) is 3.12. The predicted molar refractivity (Wildman–Crippen MR) is 128 cm³/mol. The lowest BCUT2D eigenvalue weighted by Gasteiger charge is -2.30. The van der Waals surface area contributed by atoms with Crippen molar-refractivity contribution in [2.24, 2.45) is 5.92 Å². The third-order valence-corrected chi connectivity index (χ3v) is 7.43. The summed E-state index contributed by atoms with van der Waals surface area (Å²) in [4.78, 5) is 30.0. The standard InChI is InChI=1S/C25H24ClN3O2S/c1-17-11-13-28(14-12-17)23(30)21(16-27)25-29(20-5-3-2-4-6-20)24(31)22(32-25)15-18-7-9-19(26)10-8-18/h2-10,17,22H,11-15H2,1H3. The molecular formula is C25H24ClN3O2S. The minimum Gasteiger partial charge on any atom is -0.338 e. The van der Waals surface area contributed by atoms with Gasteiger partial charge in [0.25, 0.3) is 5.91 Å². The van der Waals surface area contributed by atoms with E-state index in [1.54, 1.807) is 17.0 Å². The number of para-hydroxylation sites is 1. The van der Waals surface area contributed by atoms with E-state index >= 15 is 0 Å². The molecule has 2 aliphatic heterocycles. The second-order valence-electron chi connectivity index (χ2n) is 8.21. The van der Waals surface area contributed by atoms with Gasteiger partial charge in [0, 0.05) is 23.8 Å². The zero-order valence-corrected chi connectivity index (χ0v) is 19.4. The highest BCUT2D eigenvalue weighted by Gasteiger charge is 2.41. The fourth-order valence-corrected chi connectivity index (χ4v) is 5.42. The van der Waals surface area contributed by atoms with Gasteiger partial charge in [0.15, 0.2) is 0 Å². The van der Waals surface area contributed by atoms with Crippen molar-refractivity contribution in [3.63, 3.8) is 0 Å². The molecule has 5 nitrogen and oxygen atoms in total. The first kappa shape index (κ1) is 22.4. The highest BCUT2D eigenvalue weighted by molar-refractivity contribution is 8.05. The van der Waals surface area contributed by atoms with Gasteiger partial charge in [-0.15, -0.1) is 0 Å². The fraction of sp³-hybridized carbons (Fsp3) is 0.320. The Bertz CT molecular complexity index is 1070. The molecule has 32 heavy (non-hydrogen) atoms. The van der Waals surface area contributed by atoms with Crippen LogP contribution in [0.5, 0.6) is 0 Å². The van der Waals surface area contributed by atoms with E-state index < -0.39 is 5.25 Å². The SMILES string of the molecule is CC1CCN(C(=O)C(C#N)=C2SC(Cc3ccc(Cl)cc3)C(=O)N2c2ccccc2)CC1. The van der Waals surface area contributed by atoms with Crippen LogP contribution in [0, 0.1) is 17.2 Å². The summed E-state index contributed by atoms with van der Waals surface area (Å²) in [6, 6.07) is 18.7. The number of rotatable bonds is 4. The van der Waals surface area contributed by atoms with Crippen molar-refractivity contribution in [2.45, 2.75) is 31.4 Å². The Morgan fingerprint density at radius 2 is 1.78 bits per heavy atom. The summed E-state index contributed by atoms with van der Waals surface area (Å²) >= 11 is 7.29. The van der Waals surface area contributed by atoms with Gasteiger partial charge in [-0.25, -0.2) is 0 Å². The minimum absolute atomic E-state index is 0.0420. The Morgan fingerprint density at radius 3 is 2.41 bits per heavy atom. The molecule has 0 saturated carbocycles. The van der Waals surface area contributed by atoms with Gasteiger partial charge in [-0.05, 0) is 55.0 Å². The summed E-state index contributed by atoms with van der Waals surface area (Å²) in [6.45, 7) is 3.45. The zero-order chi connectivity index (χ0) is 22.7. The normalized spacial score (nSPS) is 20.9. The first-order valence-corrected chi connectivity index (χ1v) is 12.0. The number of benzene rings is 2. The molecule has 2 heterocycles. The van der Waals surface area contributed by atoms with Gasteiger partial charge >= 0.3 is 0 Å². The van der Waals surface area contributed by atoms with E-state index in [4.69, 9.17) is 11.6 Å². The first-order chi connectivity index (χ1) is 15.5. The number of anilines is 1. The Hall–Kier alpha value is -2.75. The Kier molecular flexibility index (Phi) is 6.88. The largest absolute Gasteiger partial charge is 0.338 e. The van der Waals surface area contributed by atoms with Gasteiger partial charge in [0.1, 0.15) is 16.7 Å². The van der Waals surface area contributed by atoms with Crippen molar-refractivity contribution in [1.82, 2.24) is 4.90 Å². The van der Waals surface area contributed by atoms with Crippen molar-refractivity contribution in [3.05, 3.63) is 75.8 Å². The molecule has 1 atom stereocenters. The van der Waals surface area contributed by atoms with Crippen molar-refractivity contribution in [1.29, 1.82) is 5.26 Å². The zero-order valence-electron chi connectivity index (χ0n) is 17.8. The molecule has 0 aromatic heterocycles. The van der Waals surface area contributed by atoms with Crippen LogP contribution in [0.2, 0.25) is 5.02 Å². The molecule has 0 N–H and O–H groups in total. The number of nitriles is 1. The number of amides is 2. The van der Waals surface area contributed by atoms with Crippen LogP contribution in [0.3, 0.4) is 0 Å².